The Kier molecular flexibility index (Phi) is 4.67. The molecular weight excluding hydrogens is 196 g/mol. The molecule has 5 N–H and O–H groups in total. The molecule has 1 atom stereocenters. The number of hydrogen-bond acceptors (Lipinski definition) is 4. The SMILES string of the molecule is CNS(=O)(=O)NC(C)CC(N)=NO. The number of oxime groups is 1. The minimum atomic E-state index is -3.46. The summed E-state index contributed by atoms with van der Waals surface area (Å²) in [7, 11) is -2.17. The molecule has 0 aliphatic heterocycles. The molecule has 0 aromatic rings. The van der Waals surface area contributed by atoms with Crippen LogP contribution >= 0.6 is 0 Å². The molecule has 8 heteroatoms. The van der Waals surface area contributed by atoms with Crippen LogP contribution in [-0.2, 0) is 10.2 Å². The van der Waals surface area contributed by atoms with Crippen molar-refractivity contribution in [1.82, 2.24) is 9.44 Å². The number of hydrogen-bond donors (Lipinski definition) is 4. The van der Waals surface area contributed by atoms with Gasteiger partial charge in [0.15, 0.2) is 0 Å². The number of nitrogens with two attached hydrogens (primary N) is 1. The maximum absolute atomic E-state index is 10.9. The van der Waals surface area contributed by atoms with Crippen LogP contribution in [0.5, 0.6) is 0 Å². The highest BCUT2D eigenvalue weighted by molar-refractivity contribution is 7.87. The minimum Gasteiger partial charge on any atom is -0.409 e. The second kappa shape index (κ2) is 5.00. The smallest absolute Gasteiger partial charge is 0.276 e. The first-order chi connectivity index (χ1) is 5.91. The summed E-state index contributed by atoms with van der Waals surface area (Å²) in [6.07, 6.45) is 0.150. The van der Waals surface area contributed by atoms with Gasteiger partial charge in [-0.25, -0.2) is 4.72 Å². The standard InChI is InChI=1S/C5H14N4O3S/c1-4(3-5(6)8-10)9-13(11,12)7-2/h4,7,9-10H,3H2,1-2H3,(H2,6,8). The number of nitrogens with zero attached hydrogens (tertiary/aromatic N) is 1. The minimum absolute atomic E-state index is 0.0219. The second-order valence-corrected chi connectivity index (χ2v) is 4.17. The summed E-state index contributed by atoms with van der Waals surface area (Å²) < 4.78 is 26.2. The lowest BCUT2D eigenvalue weighted by molar-refractivity contribution is 0.316. The highest BCUT2D eigenvalue weighted by atomic mass is 32.2. The van der Waals surface area contributed by atoms with Crippen LogP contribution in [0.2, 0.25) is 0 Å². The zero-order valence-corrected chi connectivity index (χ0v) is 8.30. The third-order valence-corrected chi connectivity index (χ3v) is 2.52. The van der Waals surface area contributed by atoms with Crippen molar-refractivity contribution in [3.63, 3.8) is 0 Å². The highest BCUT2D eigenvalue weighted by Gasteiger charge is 2.12. The molecule has 0 aromatic heterocycles. The molecule has 78 valence electrons. The molecule has 13 heavy (non-hydrogen) atoms. The molecule has 1 unspecified atom stereocenters. The molecule has 0 bridgehead atoms. The van der Waals surface area contributed by atoms with Crippen LogP contribution in [0.3, 0.4) is 0 Å². The lowest BCUT2D eigenvalue weighted by Crippen LogP contribution is -2.41. The second-order valence-electron chi connectivity index (χ2n) is 2.52. The van der Waals surface area contributed by atoms with Crippen LogP contribution < -0.4 is 15.2 Å². The molecule has 0 radical (unpaired) electrons. The zero-order valence-electron chi connectivity index (χ0n) is 7.48. The van der Waals surface area contributed by atoms with E-state index in [4.69, 9.17) is 10.9 Å². The summed E-state index contributed by atoms with van der Waals surface area (Å²) in [4.78, 5) is 0. The molecule has 0 saturated carbocycles. The van der Waals surface area contributed by atoms with Crippen LogP contribution in [-0.4, -0.2) is 32.6 Å². The lowest BCUT2D eigenvalue weighted by Gasteiger charge is -2.11. The fourth-order valence-corrected chi connectivity index (χ4v) is 1.45. The van der Waals surface area contributed by atoms with Gasteiger partial charge in [-0.05, 0) is 6.92 Å². The van der Waals surface area contributed by atoms with Gasteiger partial charge in [-0.15, -0.1) is 0 Å². The highest BCUT2D eigenvalue weighted by Crippen LogP contribution is 1.92. The Labute approximate surface area is 77.2 Å². The Morgan fingerprint density at radius 1 is 1.69 bits per heavy atom. The fraction of sp³-hybridized carbons (Fsp3) is 0.800. The van der Waals surface area contributed by atoms with Gasteiger partial charge in [0.05, 0.1) is 0 Å². The molecule has 0 spiro atoms. The summed E-state index contributed by atoms with van der Waals surface area (Å²) >= 11 is 0. The molecule has 0 aliphatic rings. The van der Waals surface area contributed by atoms with E-state index in [1.165, 1.54) is 7.05 Å². The van der Waals surface area contributed by atoms with Crippen LogP contribution in [0.4, 0.5) is 0 Å². The van der Waals surface area contributed by atoms with Gasteiger partial charge in [0, 0.05) is 19.5 Å². The quantitative estimate of drug-likeness (QED) is 0.192. The summed E-state index contributed by atoms with van der Waals surface area (Å²) in [5.74, 6) is -0.0219. The van der Waals surface area contributed by atoms with Crippen molar-refractivity contribution in [2.45, 2.75) is 19.4 Å². The fourth-order valence-electron chi connectivity index (χ4n) is 0.720. The van der Waals surface area contributed by atoms with E-state index in [1.807, 2.05) is 0 Å². The first-order valence-electron chi connectivity index (χ1n) is 3.58. The average Bonchev–Trinajstić information content (AvgIpc) is 2.03. The molecule has 0 heterocycles. The van der Waals surface area contributed by atoms with Crippen LogP contribution in [0.25, 0.3) is 0 Å². The van der Waals surface area contributed by atoms with Crippen molar-refractivity contribution in [2.75, 3.05) is 7.05 Å². The van der Waals surface area contributed by atoms with E-state index in [9.17, 15) is 8.42 Å². The summed E-state index contributed by atoms with van der Waals surface area (Å²) in [5.41, 5.74) is 5.18. The molecule has 0 saturated heterocycles. The van der Waals surface area contributed by atoms with Gasteiger partial charge in [-0.2, -0.15) is 13.1 Å². The monoisotopic (exact) mass is 210 g/mol. The van der Waals surface area contributed by atoms with Crippen molar-refractivity contribution in [1.29, 1.82) is 0 Å². The van der Waals surface area contributed by atoms with Crippen LogP contribution in [0.1, 0.15) is 13.3 Å². The molecule has 0 rings (SSSR count). The van der Waals surface area contributed by atoms with E-state index >= 15 is 0 Å². The molecule has 7 nitrogen and oxygen atoms in total. The first kappa shape index (κ1) is 12.1. The topological polar surface area (TPSA) is 117 Å². The van der Waals surface area contributed by atoms with Crippen molar-refractivity contribution >= 4 is 16.0 Å². The van der Waals surface area contributed by atoms with E-state index < -0.39 is 16.3 Å². The largest absolute Gasteiger partial charge is 0.409 e. The Hall–Kier alpha value is -0.860. The maximum Gasteiger partial charge on any atom is 0.276 e. The van der Waals surface area contributed by atoms with E-state index in [0.717, 1.165) is 0 Å². The van der Waals surface area contributed by atoms with E-state index in [-0.39, 0.29) is 12.3 Å². The molecule has 0 amide bonds. The van der Waals surface area contributed by atoms with Gasteiger partial charge in [-0.3, -0.25) is 0 Å². The van der Waals surface area contributed by atoms with Gasteiger partial charge in [0.2, 0.25) is 0 Å². The Balaban J connectivity index is 4.10. The molecular formula is C5H14N4O3S. The summed E-state index contributed by atoms with van der Waals surface area (Å²) in [6, 6.07) is -0.423. The van der Waals surface area contributed by atoms with E-state index in [0.29, 0.717) is 0 Å². The summed E-state index contributed by atoms with van der Waals surface area (Å²) in [6.45, 7) is 1.60. The maximum atomic E-state index is 10.9. The molecule has 0 aliphatic carbocycles. The van der Waals surface area contributed by atoms with Gasteiger partial charge in [0.1, 0.15) is 5.84 Å². The Morgan fingerprint density at radius 3 is 2.62 bits per heavy atom. The number of rotatable bonds is 5. The van der Waals surface area contributed by atoms with E-state index in [1.54, 1.807) is 6.92 Å². The van der Waals surface area contributed by atoms with Gasteiger partial charge in [-0.1, -0.05) is 5.16 Å². The lowest BCUT2D eigenvalue weighted by atomic mass is 10.2. The van der Waals surface area contributed by atoms with E-state index in [2.05, 4.69) is 14.6 Å². The normalized spacial score (nSPS) is 15.7. The first-order valence-corrected chi connectivity index (χ1v) is 5.06. The third-order valence-electron chi connectivity index (χ3n) is 1.27. The Bertz CT molecular complexity index is 274. The van der Waals surface area contributed by atoms with Gasteiger partial charge >= 0.3 is 0 Å². The third kappa shape index (κ3) is 5.39. The van der Waals surface area contributed by atoms with Crippen LogP contribution in [0.15, 0.2) is 5.16 Å². The predicted octanol–water partition coefficient (Wildman–Crippen LogP) is -1.43. The van der Waals surface area contributed by atoms with Gasteiger partial charge in [0.25, 0.3) is 10.2 Å². The van der Waals surface area contributed by atoms with Crippen molar-refractivity contribution in [3.05, 3.63) is 0 Å². The van der Waals surface area contributed by atoms with Crippen molar-refractivity contribution in [3.8, 4) is 0 Å². The van der Waals surface area contributed by atoms with Crippen molar-refractivity contribution < 1.29 is 13.6 Å². The average molecular weight is 210 g/mol. The van der Waals surface area contributed by atoms with Crippen molar-refractivity contribution in [2.24, 2.45) is 10.9 Å². The predicted molar refractivity (Wildman–Crippen MR) is 48.6 cm³/mol. The summed E-state index contributed by atoms with van der Waals surface area (Å²) in [5, 5.41) is 10.9. The number of amidine groups is 1. The van der Waals surface area contributed by atoms with Gasteiger partial charge < -0.3 is 10.9 Å². The number of nitrogens with one attached hydrogen (secondary N) is 2. The van der Waals surface area contributed by atoms with Crippen LogP contribution in [0, 0.1) is 0 Å². The molecule has 0 aromatic carbocycles. The zero-order chi connectivity index (χ0) is 10.5. The Morgan fingerprint density at radius 2 is 2.23 bits per heavy atom. The molecule has 0 fully saturated rings.